The Morgan fingerprint density at radius 1 is 1.21 bits per heavy atom. The van der Waals surface area contributed by atoms with Gasteiger partial charge in [0.1, 0.15) is 0 Å². The van der Waals surface area contributed by atoms with Gasteiger partial charge < -0.3 is 5.32 Å². The van der Waals surface area contributed by atoms with E-state index < -0.39 is 0 Å². The predicted octanol–water partition coefficient (Wildman–Crippen LogP) is 4.83. The molecule has 0 bridgehead atoms. The van der Waals surface area contributed by atoms with Gasteiger partial charge >= 0.3 is 0 Å². The van der Waals surface area contributed by atoms with Crippen molar-refractivity contribution in [3.8, 4) is 0 Å². The van der Waals surface area contributed by atoms with Crippen molar-refractivity contribution >= 4 is 11.6 Å². The van der Waals surface area contributed by atoms with Crippen LogP contribution in [0.3, 0.4) is 0 Å². The van der Waals surface area contributed by atoms with E-state index in [0.29, 0.717) is 12.1 Å². The van der Waals surface area contributed by atoms with Crippen LogP contribution in [0.1, 0.15) is 51.5 Å². The van der Waals surface area contributed by atoms with E-state index in [-0.39, 0.29) is 0 Å². The quantitative estimate of drug-likeness (QED) is 0.814. The molecule has 2 atom stereocenters. The zero-order valence-corrected chi connectivity index (χ0v) is 12.9. The van der Waals surface area contributed by atoms with E-state index in [4.69, 9.17) is 11.6 Å². The number of nitrogens with one attached hydrogen (secondary N) is 1. The highest BCUT2D eigenvalue weighted by atomic mass is 35.5. The van der Waals surface area contributed by atoms with Gasteiger partial charge in [0.15, 0.2) is 0 Å². The molecular weight excluding hydrogens is 254 g/mol. The summed E-state index contributed by atoms with van der Waals surface area (Å²) in [5, 5.41) is 4.61. The molecule has 1 aliphatic rings. The van der Waals surface area contributed by atoms with Crippen molar-refractivity contribution in [3.05, 3.63) is 34.9 Å². The molecular formula is C17H26ClN. The molecule has 1 aromatic carbocycles. The minimum absolute atomic E-state index is 0.510. The summed E-state index contributed by atoms with van der Waals surface area (Å²) in [7, 11) is 0. The number of hydrogen-bond acceptors (Lipinski definition) is 1. The summed E-state index contributed by atoms with van der Waals surface area (Å²) < 4.78 is 0. The average Bonchev–Trinajstić information content (AvgIpc) is 2.39. The molecule has 0 aromatic heterocycles. The average molecular weight is 280 g/mol. The maximum Gasteiger partial charge on any atom is 0.0408 e. The number of hydrogen-bond donors (Lipinski definition) is 1. The number of halogens is 1. The Hall–Kier alpha value is -0.530. The first-order chi connectivity index (χ1) is 9.15. The van der Waals surface area contributed by atoms with Gasteiger partial charge in [-0.3, -0.25) is 0 Å². The van der Waals surface area contributed by atoms with Gasteiger partial charge in [0, 0.05) is 17.1 Å². The lowest BCUT2D eigenvalue weighted by Crippen LogP contribution is -2.41. The molecule has 1 N–H and O–H groups in total. The second-order valence-electron chi connectivity index (χ2n) is 6.09. The number of benzene rings is 1. The van der Waals surface area contributed by atoms with Gasteiger partial charge in [-0.2, -0.15) is 0 Å². The molecule has 2 rings (SSSR count). The third-order valence-electron chi connectivity index (χ3n) is 4.34. The van der Waals surface area contributed by atoms with Gasteiger partial charge in [-0.25, -0.2) is 0 Å². The van der Waals surface area contributed by atoms with Crippen LogP contribution in [0.15, 0.2) is 24.3 Å². The lowest BCUT2D eigenvalue weighted by Gasteiger charge is -2.30. The zero-order valence-electron chi connectivity index (χ0n) is 12.2. The summed E-state index contributed by atoms with van der Waals surface area (Å²) in [6.45, 7) is 4.63. The van der Waals surface area contributed by atoms with E-state index >= 15 is 0 Å². The van der Waals surface area contributed by atoms with Crippen LogP contribution < -0.4 is 5.32 Å². The Balaban J connectivity index is 1.81. The van der Waals surface area contributed by atoms with Gasteiger partial charge in [-0.15, -0.1) is 0 Å². The highest BCUT2D eigenvalue weighted by molar-refractivity contribution is 6.30. The van der Waals surface area contributed by atoms with Crippen LogP contribution in [-0.2, 0) is 6.42 Å². The van der Waals surface area contributed by atoms with Crippen LogP contribution in [-0.4, -0.2) is 12.1 Å². The molecule has 0 radical (unpaired) electrons. The molecule has 2 heteroatoms. The fourth-order valence-electron chi connectivity index (χ4n) is 3.30. The van der Waals surface area contributed by atoms with Gasteiger partial charge in [-0.05, 0) is 56.7 Å². The van der Waals surface area contributed by atoms with Gasteiger partial charge in [0.2, 0.25) is 0 Å². The maximum atomic E-state index is 6.04. The standard InChI is InChI=1S/C17H26ClN/c1-13(11-15-7-6-10-17(18)12-15)19-14(2)16-8-4-3-5-9-16/h6-7,10,12-14,16,19H,3-5,8-9,11H2,1-2H3. The lowest BCUT2D eigenvalue weighted by molar-refractivity contribution is 0.267. The van der Waals surface area contributed by atoms with Crippen LogP contribution in [0.2, 0.25) is 5.02 Å². The monoisotopic (exact) mass is 279 g/mol. The Morgan fingerprint density at radius 2 is 1.95 bits per heavy atom. The largest absolute Gasteiger partial charge is 0.311 e. The van der Waals surface area contributed by atoms with E-state index in [1.807, 2.05) is 12.1 Å². The third kappa shape index (κ3) is 4.81. The second-order valence-corrected chi connectivity index (χ2v) is 6.52. The smallest absolute Gasteiger partial charge is 0.0408 e. The maximum absolute atomic E-state index is 6.04. The molecule has 19 heavy (non-hydrogen) atoms. The van der Waals surface area contributed by atoms with Crippen molar-refractivity contribution in [1.29, 1.82) is 0 Å². The van der Waals surface area contributed by atoms with Crippen LogP contribution in [0.4, 0.5) is 0 Å². The fourth-order valence-corrected chi connectivity index (χ4v) is 3.51. The summed E-state index contributed by atoms with van der Waals surface area (Å²) in [6, 6.07) is 9.35. The Kier molecular flexibility index (Phi) is 5.72. The zero-order chi connectivity index (χ0) is 13.7. The summed E-state index contributed by atoms with van der Waals surface area (Å²) in [6.07, 6.45) is 8.12. The SMILES string of the molecule is CC(Cc1cccc(Cl)c1)NC(C)C1CCCCC1. The highest BCUT2D eigenvalue weighted by Crippen LogP contribution is 2.26. The Labute approximate surface area is 122 Å². The molecule has 0 saturated heterocycles. The van der Waals surface area contributed by atoms with Crippen molar-refractivity contribution in [2.75, 3.05) is 0 Å². The summed E-state index contributed by atoms with van der Waals surface area (Å²) in [4.78, 5) is 0. The van der Waals surface area contributed by atoms with E-state index in [1.54, 1.807) is 0 Å². The number of rotatable bonds is 5. The summed E-state index contributed by atoms with van der Waals surface area (Å²) in [5.41, 5.74) is 1.32. The molecule has 0 heterocycles. The normalized spacial score (nSPS) is 20.2. The van der Waals surface area contributed by atoms with E-state index in [1.165, 1.54) is 37.7 Å². The summed E-state index contributed by atoms with van der Waals surface area (Å²) >= 11 is 6.04. The molecule has 2 unspecified atom stereocenters. The van der Waals surface area contributed by atoms with E-state index in [0.717, 1.165) is 17.4 Å². The molecule has 106 valence electrons. The molecule has 0 amide bonds. The van der Waals surface area contributed by atoms with Crippen LogP contribution >= 0.6 is 11.6 Å². The van der Waals surface area contributed by atoms with Crippen molar-refractivity contribution < 1.29 is 0 Å². The molecule has 1 fully saturated rings. The first-order valence-electron chi connectivity index (χ1n) is 7.65. The van der Waals surface area contributed by atoms with Crippen LogP contribution in [0.5, 0.6) is 0 Å². The lowest BCUT2D eigenvalue weighted by atomic mass is 9.84. The minimum Gasteiger partial charge on any atom is -0.311 e. The predicted molar refractivity (Wildman–Crippen MR) is 83.8 cm³/mol. The van der Waals surface area contributed by atoms with Gasteiger partial charge in [-0.1, -0.05) is 43.0 Å². The van der Waals surface area contributed by atoms with Crippen molar-refractivity contribution in [2.45, 2.75) is 64.5 Å². The van der Waals surface area contributed by atoms with Crippen molar-refractivity contribution in [3.63, 3.8) is 0 Å². The Bertz CT molecular complexity index is 385. The third-order valence-corrected chi connectivity index (χ3v) is 4.57. The highest BCUT2D eigenvalue weighted by Gasteiger charge is 2.21. The van der Waals surface area contributed by atoms with Crippen molar-refractivity contribution in [2.24, 2.45) is 5.92 Å². The van der Waals surface area contributed by atoms with Gasteiger partial charge in [0.25, 0.3) is 0 Å². The fraction of sp³-hybridized carbons (Fsp3) is 0.647. The summed E-state index contributed by atoms with van der Waals surface area (Å²) in [5.74, 6) is 0.871. The molecule has 1 nitrogen and oxygen atoms in total. The first kappa shape index (κ1) is 14.9. The van der Waals surface area contributed by atoms with Crippen LogP contribution in [0, 0.1) is 5.92 Å². The van der Waals surface area contributed by atoms with E-state index in [9.17, 15) is 0 Å². The second kappa shape index (κ2) is 7.31. The molecule has 1 aromatic rings. The van der Waals surface area contributed by atoms with Crippen LogP contribution in [0.25, 0.3) is 0 Å². The topological polar surface area (TPSA) is 12.0 Å². The first-order valence-corrected chi connectivity index (χ1v) is 8.03. The van der Waals surface area contributed by atoms with Crippen molar-refractivity contribution in [1.82, 2.24) is 5.32 Å². The van der Waals surface area contributed by atoms with Gasteiger partial charge in [0.05, 0.1) is 0 Å². The molecule has 1 saturated carbocycles. The molecule has 0 aliphatic heterocycles. The Morgan fingerprint density at radius 3 is 2.63 bits per heavy atom. The molecule has 0 spiro atoms. The molecule has 1 aliphatic carbocycles. The van der Waals surface area contributed by atoms with E-state index in [2.05, 4.69) is 31.3 Å². The minimum atomic E-state index is 0.510.